The second kappa shape index (κ2) is 2.24. The number of fused-ring (bicyclic) bond motifs is 6. The number of piperidine rings is 1. The molecule has 2 heterocycles. The van der Waals surface area contributed by atoms with Gasteiger partial charge in [-0.15, -0.1) is 0 Å². The van der Waals surface area contributed by atoms with Gasteiger partial charge in [-0.3, -0.25) is 4.90 Å². The summed E-state index contributed by atoms with van der Waals surface area (Å²) in [5.41, 5.74) is 0. The van der Waals surface area contributed by atoms with Gasteiger partial charge in [0.25, 0.3) is 0 Å². The molecule has 1 saturated carbocycles. The number of rotatable bonds is 0. The van der Waals surface area contributed by atoms with E-state index in [1.54, 1.807) is 0 Å². The molecule has 5 atom stereocenters. The van der Waals surface area contributed by atoms with Gasteiger partial charge in [0.2, 0.25) is 0 Å². The van der Waals surface area contributed by atoms with E-state index in [1.165, 1.54) is 19.3 Å². The molecule has 12 heavy (non-hydrogen) atoms. The Morgan fingerprint density at radius 3 is 2.75 bits per heavy atom. The SMILES string of the molecule is CN1[C@@H]2[C@H]3CC[C@@H](C3)[C@@H]1C[C@@H]2O. The van der Waals surface area contributed by atoms with Crippen LogP contribution in [0.2, 0.25) is 0 Å². The zero-order chi connectivity index (χ0) is 8.29. The minimum Gasteiger partial charge on any atom is -0.391 e. The van der Waals surface area contributed by atoms with Gasteiger partial charge in [-0.2, -0.15) is 0 Å². The molecule has 2 saturated heterocycles. The van der Waals surface area contributed by atoms with Gasteiger partial charge in [0, 0.05) is 12.1 Å². The Hall–Kier alpha value is -0.0800. The Labute approximate surface area is 73.6 Å². The van der Waals surface area contributed by atoms with Crippen LogP contribution < -0.4 is 0 Å². The molecule has 0 aromatic carbocycles. The topological polar surface area (TPSA) is 23.5 Å². The van der Waals surface area contributed by atoms with Gasteiger partial charge in [0.1, 0.15) is 0 Å². The third-order valence-electron chi connectivity index (χ3n) is 4.41. The quantitative estimate of drug-likeness (QED) is 0.578. The van der Waals surface area contributed by atoms with Crippen LogP contribution in [0, 0.1) is 11.8 Å². The van der Waals surface area contributed by atoms with E-state index in [0.29, 0.717) is 12.1 Å². The molecule has 0 unspecified atom stereocenters. The van der Waals surface area contributed by atoms with Gasteiger partial charge in [-0.25, -0.2) is 0 Å². The minimum absolute atomic E-state index is 0.0182. The van der Waals surface area contributed by atoms with Crippen molar-refractivity contribution in [1.29, 1.82) is 0 Å². The smallest absolute Gasteiger partial charge is 0.0713 e. The van der Waals surface area contributed by atoms with E-state index >= 15 is 0 Å². The van der Waals surface area contributed by atoms with E-state index < -0.39 is 0 Å². The largest absolute Gasteiger partial charge is 0.391 e. The van der Waals surface area contributed by atoms with E-state index in [-0.39, 0.29) is 6.10 Å². The maximum atomic E-state index is 9.85. The first kappa shape index (κ1) is 7.34. The maximum Gasteiger partial charge on any atom is 0.0713 e. The van der Waals surface area contributed by atoms with Crippen molar-refractivity contribution in [2.24, 2.45) is 11.8 Å². The number of hydrogen-bond acceptors (Lipinski definition) is 2. The van der Waals surface area contributed by atoms with Crippen molar-refractivity contribution in [3.63, 3.8) is 0 Å². The number of hydrogen-bond donors (Lipinski definition) is 1. The summed E-state index contributed by atoms with van der Waals surface area (Å²) in [6, 6.07) is 1.22. The van der Waals surface area contributed by atoms with E-state index in [0.717, 1.165) is 18.3 Å². The van der Waals surface area contributed by atoms with E-state index in [2.05, 4.69) is 11.9 Å². The zero-order valence-corrected chi connectivity index (χ0v) is 7.61. The number of nitrogens with zero attached hydrogens (tertiary/aromatic N) is 1. The molecule has 4 bridgehead atoms. The Bertz CT molecular complexity index is 204. The van der Waals surface area contributed by atoms with Crippen LogP contribution in [-0.2, 0) is 0 Å². The highest BCUT2D eigenvalue weighted by Crippen LogP contribution is 2.49. The Kier molecular flexibility index (Phi) is 1.37. The van der Waals surface area contributed by atoms with Crippen LogP contribution in [-0.4, -0.2) is 35.2 Å². The van der Waals surface area contributed by atoms with Crippen LogP contribution in [0.3, 0.4) is 0 Å². The van der Waals surface area contributed by atoms with Crippen molar-refractivity contribution < 1.29 is 5.11 Å². The first-order chi connectivity index (χ1) is 5.77. The summed E-state index contributed by atoms with van der Waals surface area (Å²) >= 11 is 0. The number of likely N-dealkylation sites (N-methyl/N-ethyl adjacent to an activating group) is 1. The summed E-state index contributed by atoms with van der Waals surface area (Å²) in [6.45, 7) is 0. The predicted octanol–water partition coefficient (Wildman–Crippen LogP) is 0.850. The van der Waals surface area contributed by atoms with Crippen LogP contribution >= 0.6 is 0 Å². The average Bonchev–Trinajstić information content (AvgIpc) is 2.48. The van der Waals surface area contributed by atoms with E-state index in [9.17, 15) is 5.11 Å². The molecule has 1 aliphatic carbocycles. The molecule has 2 heteroatoms. The summed E-state index contributed by atoms with van der Waals surface area (Å²) in [7, 11) is 2.20. The van der Waals surface area contributed by atoms with Gasteiger partial charge in [0.05, 0.1) is 6.10 Å². The molecule has 0 aromatic rings. The Morgan fingerprint density at radius 2 is 1.92 bits per heavy atom. The van der Waals surface area contributed by atoms with Crippen molar-refractivity contribution in [3.05, 3.63) is 0 Å². The first-order valence-corrected chi connectivity index (χ1v) is 5.17. The number of aliphatic hydroxyl groups excluding tert-OH is 1. The van der Waals surface area contributed by atoms with E-state index in [1.807, 2.05) is 0 Å². The Morgan fingerprint density at radius 1 is 1.17 bits per heavy atom. The molecule has 2 nitrogen and oxygen atoms in total. The van der Waals surface area contributed by atoms with Crippen LogP contribution in [0.15, 0.2) is 0 Å². The molecule has 3 fully saturated rings. The molecular weight excluding hydrogens is 150 g/mol. The van der Waals surface area contributed by atoms with Crippen molar-refractivity contribution in [2.75, 3.05) is 7.05 Å². The summed E-state index contributed by atoms with van der Waals surface area (Å²) < 4.78 is 0. The lowest BCUT2D eigenvalue weighted by molar-refractivity contribution is 0.0625. The summed E-state index contributed by atoms with van der Waals surface area (Å²) in [5, 5.41) is 9.85. The summed E-state index contributed by atoms with van der Waals surface area (Å²) in [5.74, 6) is 1.72. The molecule has 0 radical (unpaired) electrons. The van der Waals surface area contributed by atoms with Gasteiger partial charge in [0.15, 0.2) is 0 Å². The third kappa shape index (κ3) is 0.728. The third-order valence-corrected chi connectivity index (χ3v) is 4.41. The second-order valence-electron chi connectivity index (χ2n) is 4.86. The first-order valence-electron chi connectivity index (χ1n) is 5.17. The summed E-state index contributed by atoms with van der Waals surface area (Å²) in [6.07, 6.45) is 5.21. The number of aliphatic hydroxyl groups is 1. The lowest BCUT2D eigenvalue weighted by Gasteiger charge is -2.36. The highest BCUT2D eigenvalue weighted by molar-refractivity contribution is 5.06. The standard InChI is InChI=1S/C10H17NO/c1-11-8-5-9(12)10(11)7-3-2-6(8)4-7/h6-10,12H,2-5H2,1H3/t6-,7-,8-,9-,10+/m0/s1. The average molecular weight is 167 g/mol. The minimum atomic E-state index is -0.0182. The fourth-order valence-corrected chi connectivity index (χ4v) is 3.93. The zero-order valence-electron chi connectivity index (χ0n) is 7.61. The molecule has 0 aromatic heterocycles. The summed E-state index contributed by atoms with van der Waals surface area (Å²) in [4.78, 5) is 2.45. The fraction of sp³-hybridized carbons (Fsp3) is 1.00. The maximum absolute atomic E-state index is 9.85. The van der Waals surface area contributed by atoms with Crippen LogP contribution in [0.25, 0.3) is 0 Å². The monoisotopic (exact) mass is 167 g/mol. The van der Waals surface area contributed by atoms with Gasteiger partial charge >= 0.3 is 0 Å². The molecule has 3 aliphatic rings. The predicted molar refractivity (Wildman–Crippen MR) is 46.8 cm³/mol. The molecule has 0 spiro atoms. The highest BCUT2D eigenvalue weighted by Gasteiger charge is 2.52. The van der Waals surface area contributed by atoms with Crippen molar-refractivity contribution in [3.8, 4) is 0 Å². The van der Waals surface area contributed by atoms with Crippen molar-refractivity contribution in [2.45, 2.75) is 43.9 Å². The van der Waals surface area contributed by atoms with Gasteiger partial charge in [-0.1, -0.05) is 0 Å². The van der Waals surface area contributed by atoms with Gasteiger partial charge < -0.3 is 5.11 Å². The van der Waals surface area contributed by atoms with Crippen molar-refractivity contribution in [1.82, 2.24) is 4.90 Å². The fourth-order valence-electron chi connectivity index (χ4n) is 3.93. The van der Waals surface area contributed by atoms with Crippen LogP contribution in [0.1, 0.15) is 25.7 Å². The van der Waals surface area contributed by atoms with Crippen molar-refractivity contribution >= 4 is 0 Å². The highest BCUT2D eigenvalue weighted by atomic mass is 16.3. The van der Waals surface area contributed by atoms with Gasteiger partial charge in [-0.05, 0) is 44.6 Å². The molecule has 1 N–H and O–H groups in total. The normalized spacial score (nSPS) is 58.0. The molecular formula is C10H17NO. The van der Waals surface area contributed by atoms with Crippen LogP contribution in [0.4, 0.5) is 0 Å². The molecule has 2 aliphatic heterocycles. The lowest BCUT2D eigenvalue weighted by Crippen LogP contribution is -2.45. The second-order valence-corrected chi connectivity index (χ2v) is 4.86. The van der Waals surface area contributed by atoms with E-state index in [4.69, 9.17) is 0 Å². The Balaban J connectivity index is 1.97. The molecule has 68 valence electrons. The molecule has 3 rings (SSSR count). The lowest BCUT2D eigenvalue weighted by atomic mass is 9.91. The van der Waals surface area contributed by atoms with Crippen LogP contribution in [0.5, 0.6) is 0 Å². The molecule has 0 amide bonds.